The number of aryl methyl sites for hydroxylation is 1. The second-order valence-electron chi connectivity index (χ2n) is 4.57. The summed E-state index contributed by atoms with van der Waals surface area (Å²) in [6.45, 7) is 3.47. The highest BCUT2D eigenvalue weighted by atomic mass is 35.5. The number of hydrogen-bond acceptors (Lipinski definition) is 3. The van der Waals surface area contributed by atoms with Gasteiger partial charge in [0, 0.05) is 21.8 Å². The second-order valence-corrected chi connectivity index (χ2v) is 4.98. The molecule has 0 saturated carbocycles. The number of carbonyl (C=O) groups excluding carboxylic acids is 1. The van der Waals surface area contributed by atoms with E-state index in [9.17, 15) is 9.59 Å². The van der Waals surface area contributed by atoms with Crippen LogP contribution < -0.4 is 11.0 Å². The number of hydrogen-bond donors (Lipinski definition) is 3. The standard InChI is InChI=1S/C14H15ClN4O2/c1-8(10-5-3-4-6-12(10)15)16-18-13(20)7-11-9(2)17-19-14(11)21/h3-6H,7H2,1-2H3,(H,18,20)(H2,17,19,21). The van der Waals surface area contributed by atoms with Gasteiger partial charge in [0.05, 0.1) is 12.1 Å². The van der Waals surface area contributed by atoms with Crippen LogP contribution in [0.3, 0.4) is 0 Å². The molecule has 2 rings (SSSR count). The van der Waals surface area contributed by atoms with Gasteiger partial charge in [-0.25, -0.2) is 5.43 Å². The first-order valence-corrected chi connectivity index (χ1v) is 6.71. The highest BCUT2D eigenvalue weighted by molar-refractivity contribution is 6.34. The fourth-order valence-electron chi connectivity index (χ4n) is 1.85. The van der Waals surface area contributed by atoms with Gasteiger partial charge in [-0.05, 0) is 19.9 Å². The molecule has 0 aliphatic rings. The van der Waals surface area contributed by atoms with Crippen LogP contribution in [0.25, 0.3) is 0 Å². The summed E-state index contributed by atoms with van der Waals surface area (Å²) in [5.74, 6) is -0.366. The second kappa shape index (κ2) is 6.41. The number of carbonyl (C=O) groups is 1. The number of nitrogens with one attached hydrogen (secondary N) is 3. The minimum absolute atomic E-state index is 0.0377. The van der Waals surface area contributed by atoms with E-state index in [-0.39, 0.29) is 17.9 Å². The van der Waals surface area contributed by atoms with Crippen molar-refractivity contribution < 1.29 is 4.79 Å². The van der Waals surface area contributed by atoms with Gasteiger partial charge in [0.2, 0.25) is 5.91 Å². The SMILES string of the molecule is CC(=NNC(=O)Cc1c(C)[nH][nH]c1=O)c1ccccc1Cl. The third-order valence-electron chi connectivity index (χ3n) is 3.04. The molecule has 0 atom stereocenters. The molecule has 21 heavy (non-hydrogen) atoms. The van der Waals surface area contributed by atoms with Gasteiger partial charge in [-0.1, -0.05) is 29.8 Å². The lowest BCUT2D eigenvalue weighted by molar-refractivity contribution is -0.120. The summed E-state index contributed by atoms with van der Waals surface area (Å²) in [5, 5.41) is 9.66. The minimum atomic E-state index is -0.366. The van der Waals surface area contributed by atoms with Crippen LogP contribution in [0.1, 0.15) is 23.7 Å². The lowest BCUT2D eigenvalue weighted by Gasteiger charge is -2.04. The molecule has 0 fully saturated rings. The monoisotopic (exact) mass is 306 g/mol. The maximum atomic E-state index is 11.8. The molecule has 0 spiro atoms. The molecule has 0 aliphatic carbocycles. The Balaban J connectivity index is 2.06. The molecule has 7 heteroatoms. The summed E-state index contributed by atoms with van der Waals surface area (Å²) in [6, 6.07) is 7.22. The van der Waals surface area contributed by atoms with E-state index in [0.717, 1.165) is 5.56 Å². The van der Waals surface area contributed by atoms with Crippen molar-refractivity contribution in [3.8, 4) is 0 Å². The Morgan fingerprint density at radius 3 is 2.67 bits per heavy atom. The number of benzene rings is 1. The molecule has 0 unspecified atom stereocenters. The van der Waals surface area contributed by atoms with Crippen molar-refractivity contribution in [1.29, 1.82) is 0 Å². The van der Waals surface area contributed by atoms with Crippen molar-refractivity contribution in [3.63, 3.8) is 0 Å². The molecule has 6 nitrogen and oxygen atoms in total. The summed E-state index contributed by atoms with van der Waals surface area (Å²) >= 11 is 6.05. The smallest absolute Gasteiger partial charge is 0.267 e. The quantitative estimate of drug-likeness (QED) is 0.593. The summed E-state index contributed by atoms with van der Waals surface area (Å²) in [4.78, 5) is 23.3. The Morgan fingerprint density at radius 1 is 1.33 bits per heavy atom. The zero-order valence-corrected chi connectivity index (χ0v) is 12.4. The number of hydrazone groups is 1. The van der Waals surface area contributed by atoms with Crippen LogP contribution in [0.15, 0.2) is 34.2 Å². The number of H-pyrrole nitrogens is 2. The lowest BCUT2D eigenvalue weighted by Crippen LogP contribution is -2.24. The first-order valence-electron chi connectivity index (χ1n) is 6.33. The molecule has 0 saturated heterocycles. The fraction of sp³-hybridized carbons (Fsp3) is 0.214. The maximum Gasteiger partial charge on any atom is 0.267 e. The van der Waals surface area contributed by atoms with E-state index in [2.05, 4.69) is 20.7 Å². The zero-order valence-electron chi connectivity index (χ0n) is 11.7. The van der Waals surface area contributed by atoms with E-state index in [0.29, 0.717) is 22.0 Å². The molecule has 1 aromatic carbocycles. The summed E-state index contributed by atoms with van der Waals surface area (Å²) < 4.78 is 0. The Kier molecular flexibility index (Phi) is 4.59. The van der Waals surface area contributed by atoms with Crippen molar-refractivity contribution in [2.75, 3.05) is 0 Å². The number of aromatic nitrogens is 2. The van der Waals surface area contributed by atoms with Crippen LogP contribution in [-0.4, -0.2) is 21.8 Å². The minimum Gasteiger partial charge on any atom is -0.302 e. The van der Waals surface area contributed by atoms with E-state index in [4.69, 9.17) is 11.6 Å². The van der Waals surface area contributed by atoms with Gasteiger partial charge >= 0.3 is 0 Å². The van der Waals surface area contributed by atoms with Crippen LogP contribution in [-0.2, 0) is 11.2 Å². The predicted octanol–water partition coefficient (Wildman–Crippen LogP) is 1.75. The van der Waals surface area contributed by atoms with E-state index in [1.54, 1.807) is 19.9 Å². The molecule has 0 bridgehead atoms. The van der Waals surface area contributed by atoms with Gasteiger partial charge < -0.3 is 5.10 Å². The molecule has 0 aliphatic heterocycles. The topological polar surface area (TPSA) is 90.1 Å². The van der Waals surface area contributed by atoms with Crippen molar-refractivity contribution in [2.45, 2.75) is 20.3 Å². The van der Waals surface area contributed by atoms with Gasteiger partial charge in [0.15, 0.2) is 0 Å². The molecule has 110 valence electrons. The molecular formula is C14H15ClN4O2. The summed E-state index contributed by atoms with van der Waals surface area (Å²) in [7, 11) is 0. The Morgan fingerprint density at radius 2 is 2.05 bits per heavy atom. The number of aromatic amines is 2. The van der Waals surface area contributed by atoms with Gasteiger partial charge in [-0.3, -0.25) is 14.7 Å². The Bertz CT molecular complexity index is 745. The van der Waals surface area contributed by atoms with Gasteiger partial charge in [0.25, 0.3) is 5.56 Å². The molecule has 1 amide bonds. The maximum absolute atomic E-state index is 11.8. The van der Waals surface area contributed by atoms with Gasteiger partial charge in [-0.15, -0.1) is 0 Å². The van der Waals surface area contributed by atoms with Crippen LogP contribution in [0.5, 0.6) is 0 Å². The lowest BCUT2D eigenvalue weighted by atomic mass is 10.1. The van der Waals surface area contributed by atoms with Crippen LogP contribution in [0.4, 0.5) is 0 Å². The molecular weight excluding hydrogens is 292 g/mol. The van der Waals surface area contributed by atoms with Gasteiger partial charge in [0.1, 0.15) is 0 Å². The van der Waals surface area contributed by atoms with E-state index < -0.39 is 0 Å². The highest BCUT2D eigenvalue weighted by Gasteiger charge is 2.11. The van der Waals surface area contributed by atoms with Gasteiger partial charge in [-0.2, -0.15) is 5.10 Å². The molecule has 2 aromatic rings. The Hall–Kier alpha value is -2.34. The van der Waals surface area contributed by atoms with E-state index in [1.807, 2.05) is 18.2 Å². The predicted molar refractivity (Wildman–Crippen MR) is 81.7 cm³/mol. The fourth-order valence-corrected chi connectivity index (χ4v) is 2.12. The average Bonchev–Trinajstić information content (AvgIpc) is 2.77. The third kappa shape index (κ3) is 3.61. The van der Waals surface area contributed by atoms with Crippen LogP contribution in [0.2, 0.25) is 5.02 Å². The molecule has 1 aromatic heterocycles. The largest absolute Gasteiger partial charge is 0.302 e. The van der Waals surface area contributed by atoms with Crippen LogP contribution >= 0.6 is 11.6 Å². The number of halogens is 1. The molecule has 0 radical (unpaired) electrons. The van der Waals surface area contributed by atoms with Crippen molar-refractivity contribution >= 4 is 23.2 Å². The summed E-state index contributed by atoms with van der Waals surface area (Å²) in [5.41, 5.74) is 4.51. The molecule has 3 N–H and O–H groups in total. The first-order chi connectivity index (χ1) is 9.99. The van der Waals surface area contributed by atoms with Crippen molar-refractivity contribution in [3.05, 3.63) is 56.5 Å². The highest BCUT2D eigenvalue weighted by Crippen LogP contribution is 2.15. The van der Waals surface area contributed by atoms with Crippen molar-refractivity contribution in [2.24, 2.45) is 5.10 Å². The van der Waals surface area contributed by atoms with E-state index in [1.165, 1.54) is 0 Å². The van der Waals surface area contributed by atoms with Crippen molar-refractivity contribution in [1.82, 2.24) is 15.6 Å². The number of amides is 1. The normalized spacial score (nSPS) is 11.5. The van der Waals surface area contributed by atoms with E-state index >= 15 is 0 Å². The number of nitrogens with zero attached hydrogens (tertiary/aromatic N) is 1. The summed E-state index contributed by atoms with van der Waals surface area (Å²) in [6.07, 6.45) is -0.0377. The third-order valence-corrected chi connectivity index (χ3v) is 3.37. The average molecular weight is 307 g/mol. The van der Waals surface area contributed by atoms with Crippen LogP contribution in [0, 0.1) is 6.92 Å². The first kappa shape index (κ1) is 15.1. The zero-order chi connectivity index (χ0) is 15.4. The number of rotatable bonds is 4. The Labute approximate surface area is 126 Å². The molecule has 1 heterocycles.